The van der Waals surface area contributed by atoms with E-state index in [1.54, 1.807) is 7.11 Å². The second-order valence-corrected chi connectivity index (χ2v) is 3.08. The molecule has 0 heterocycles. The zero-order chi connectivity index (χ0) is 10.0. The fourth-order valence-electron chi connectivity index (χ4n) is 1.26. The zero-order valence-electron chi connectivity index (χ0n) is 8.03. The molecule has 72 valence electrons. The molecule has 0 aliphatic carbocycles. The summed E-state index contributed by atoms with van der Waals surface area (Å²) in [6.45, 7) is 3.75. The molecule has 1 atom stereocenters. The van der Waals surface area contributed by atoms with Gasteiger partial charge in [0.15, 0.2) is 11.5 Å². The minimum Gasteiger partial charge on any atom is -0.504 e. The monoisotopic (exact) mass is 182 g/mol. The lowest BCUT2D eigenvalue weighted by molar-refractivity contribution is 0.118. The Morgan fingerprint density at radius 1 is 1.23 bits per heavy atom. The average molecular weight is 182 g/mol. The van der Waals surface area contributed by atoms with Gasteiger partial charge in [0, 0.05) is 7.11 Å². The molecular formula is C10H14O3. The van der Waals surface area contributed by atoms with Crippen LogP contribution in [0.4, 0.5) is 0 Å². The van der Waals surface area contributed by atoms with Crippen LogP contribution in [0.3, 0.4) is 0 Å². The van der Waals surface area contributed by atoms with Gasteiger partial charge in [-0.1, -0.05) is 0 Å². The largest absolute Gasteiger partial charge is 0.504 e. The number of phenolic OH excluding ortho intramolecular Hbond substituents is 2. The first-order chi connectivity index (χ1) is 6.06. The topological polar surface area (TPSA) is 49.7 Å². The van der Waals surface area contributed by atoms with Crippen LogP contribution < -0.4 is 0 Å². The first kappa shape index (κ1) is 9.86. The number of aryl methyl sites for hydroxylation is 1. The van der Waals surface area contributed by atoms with Gasteiger partial charge in [-0.05, 0) is 37.1 Å². The number of aromatic hydroxyl groups is 2. The number of hydrogen-bond acceptors (Lipinski definition) is 3. The lowest BCUT2D eigenvalue weighted by atomic mass is 10.0. The van der Waals surface area contributed by atoms with Crippen molar-refractivity contribution in [3.05, 3.63) is 23.3 Å². The normalized spacial score (nSPS) is 12.8. The van der Waals surface area contributed by atoms with Crippen LogP contribution >= 0.6 is 0 Å². The third kappa shape index (κ3) is 1.92. The summed E-state index contributed by atoms with van der Waals surface area (Å²) in [4.78, 5) is 0. The van der Waals surface area contributed by atoms with E-state index < -0.39 is 0 Å². The van der Waals surface area contributed by atoms with E-state index in [-0.39, 0.29) is 17.6 Å². The van der Waals surface area contributed by atoms with Crippen molar-refractivity contribution in [2.24, 2.45) is 0 Å². The molecule has 0 aromatic heterocycles. The van der Waals surface area contributed by atoms with Crippen molar-refractivity contribution in [2.75, 3.05) is 7.11 Å². The molecular weight excluding hydrogens is 168 g/mol. The third-order valence-electron chi connectivity index (χ3n) is 2.15. The predicted octanol–water partition coefficient (Wildman–Crippen LogP) is 2.11. The van der Waals surface area contributed by atoms with Gasteiger partial charge in [-0.3, -0.25) is 0 Å². The highest BCUT2D eigenvalue weighted by Crippen LogP contribution is 2.31. The molecule has 0 bridgehead atoms. The Kier molecular flexibility index (Phi) is 2.78. The molecule has 1 aromatic rings. The van der Waals surface area contributed by atoms with Crippen LogP contribution in [0.5, 0.6) is 11.5 Å². The molecule has 1 rings (SSSR count). The van der Waals surface area contributed by atoms with Crippen LogP contribution in [0.1, 0.15) is 24.2 Å². The summed E-state index contributed by atoms with van der Waals surface area (Å²) in [5.41, 5.74) is 1.79. The minimum atomic E-state index is -0.107. The number of benzene rings is 1. The van der Waals surface area contributed by atoms with Crippen LogP contribution in [0.25, 0.3) is 0 Å². The molecule has 0 spiro atoms. The summed E-state index contributed by atoms with van der Waals surface area (Å²) in [6.07, 6.45) is -0.0773. The van der Waals surface area contributed by atoms with Gasteiger partial charge in [0.2, 0.25) is 0 Å². The van der Waals surface area contributed by atoms with Crippen LogP contribution in [0.15, 0.2) is 12.1 Å². The zero-order valence-corrected chi connectivity index (χ0v) is 8.03. The maximum atomic E-state index is 9.26. The fourth-order valence-corrected chi connectivity index (χ4v) is 1.26. The van der Waals surface area contributed by atoms with Gasteiger partial charge in [-0.2, -0.15) is 0 Å². The van der Waals surface area contributed by atoms with E-state index in [9.17, 15) is 10.2 Å². The van der Waals surface area contributed by atoms with Crippen molar-refractivity contribution in [2.45, 2.75) is 20.0 Å². The van der Waals surface area contributed by atoms with Crippen LogP contribution in [-0.4, -0.2) is 17.3 Å². The molecule has 0 aliphatic heterocycles. The molecule has 0 radical (unpaired) electrons. The van der Waals surface area contributed by atoms with Gasteiger partial charge in [-0.15, -0.1) is 0 Å². The lowest BCUT2D eigenvalue weighted by Gasteiger charge is -2.13. The summed E-state index contributed by atoms with van der Waals surface area (Å²) >= 11 is 0. The van der Waals surface area contributed by atoms with E-state index in [0.717, 1.165) is 11.1 Å². The Morgan fingerprint density at radius 2 is 1.77 bits per heavy atom. The second kappa shape index (κ2) is 3.66. The maximum Gasteiger partial charge on any atom is 0.157 e. The molecule has 3 nitrogen and oxygen atoms in total. The molecule has 0 amide bonds. The molecule has 2 N–H and O–H groups in total. The maximum absolute atomic E-state index is 9.26. The van der Waals surface area contributed by atoms with Crippen molar-refractivity contribution in [3.8, 4) is 11.5 Å². The van der Waals surface area contributed by atoms with Gasteiger partial charge in [-0.25, -0.2) is 0 Å². The molecule has 1 unspecified atom stereocenters. The Hall–Kier alpha value is -1.22. The quantitative estimate of drug-likeness (QED) is 0.689. The van der Waals surface area contributed by atoms with Crippen molar-refractivity contribution in [1.29, 1.82) is 0 Å². The van der Waals surface area contributed by atoms with E-state index in [4.69, 9.17) is 4.74 Å². The van der Waals surface area contributed by atoms with Gasteiger partial charge in [0.05, 0.1) is 6.10 Å². The number of methoxy groups -OCH3 is 1. The van der Waals surface area contributed by atoms with Crippen molar-refractivity contribution < 1.29 is 14.9 Å². The lowest BCUT2D eigenvalue weighted by Crippen LogP contribution is -1.98. The van der Waals surface area contributed by atoms with Crippen LogP contribution in [0, 0.1) is 6.92 Å². The van der Waals surface area contributed by atoms with E-state index in [1.165, 1.54) is 12.1 Å². The van der Waals surface area contributed by atoms with Crippen molar-refractivity contribution in [1.82, 2.24) is 0 Å². The van der Waals surface area contributed by atoms with E-state index >= 15 is 0 Å². The summed E-state index contributed by atoms with van der Waals surface area (Å²) in [7, 11) is 1.61. The average Bonchev–Trinajstić information content (AvgIpc) is 2.10. The van der Waals surface area contributed by atoms with E-state index in [2.05, 4.69) is 0 Å². The minimum absolute atomic E-state index is 0.0773. The third-order valence-corrected chi connectivity index (χ3v) is 2.15. The fraction of sp³-hybridized carbons (Fsp3) is 0.400. The Labute approximate surface area is 77.6 Å². The SMILES string of the molecule is COC(C)c1cc(O)c(O)cc1C. The van der Waals surface area contributed by atoms with Gasteiger partial charge >= 0.3 is 0 Å². The van der Waals surface area contributed by atoms with Crippen molar-refractivity contribution >= 4 is 0 Å². The number of hydrogen-bond donors (Lipinski definition) is 2. The second-order valence-electron chi connectivity index (χ2n) is 3.08. The van der Waals surface area contributed by atoms with Gasteiger partial charge < -0.3 is 14.9 Å². The van der Waals surface area contributed by atoms with E-state index in [0.29, 0.717) is 0 Å². The smallest absolute Gasteiger partial charge is 0.157 e. The molecule has 13 heavy (non-hydrogen) atoms. The first-order valence-corrected chi connectivity index (χ1v) is 4.11. The van der Waals surface area contributed by atoms with E-state index in [1.807, 2.05) is 13.8 Å². The number of ether oxygens (including phenoxy) is 1. The van der Waals surface area contributed by atoms with Crippen molar-refractivity contribution in [3.63, 3.8) is 0 Å². The van der Waals surface area contributed by atoms with Gasteiger partial charge in [0.25, 0.3) is 0 Å². The highest BCUT2D eigenvalue weighted by molar-refractivity contribution is 5.45. The highest BCUT2D eigenvalue weighted by atomic mass is 16.5. The Balaban J connectivity index is 3.15. The summed E-state index contributed by atoms with van der Waals surface area (Å²) in [5, 5.41) is 18.5. The highest BCUT2D eigenvalue weighted by Gasteiger charge is 2.10. The molecule has 0 aliphatic rings. The molecule has 0 saturated heterocycles. The molecule has 0 saturated carbocycles. The number of rotatable bonds is 2. The number of phenols is 2. The molecule has 0 fully saturated rings. The summed E-state index contributed by atoms with van der Waals surface area (Å²) in [5.74, 6) is -0.200. The predicted molar refractivity (Wildman–Crippen MR) is 49.9 cm³/mol. The Bertz CT molecular complexity index is 307. The van der Waals surface area contributed by atoms with Crippen LogP contribution in [-0.2, 0) is 4.74 Å². The molecule has 1 aromatic carbocycles. The summed E-state index contributed by atoms with van der Waals surface area (Å²) in [6, 6.07) is 3.05. The van der Waals surface area contributed by atoms with Crippen LogP contribution in [0.2, 0.25) is 0 Å². The summed E-state index contributed by atoms with van der Waals surface area (Å²) < 4.78 is 5.12. The first-order valence-electron chi connectivity index (χ1n) is 4.11. The van der Waals surface area contributed by atoms with Gasteiger partial charge in [0.1, 0.15) is 0 Å². The molecule has 3 heteroatoms. The standard InChI is InChI=1S/C10H14O3/c1-6-4-9(11)10(12)5-8(6)7(2)13-3/h4-5,7,11-12H,1-3H3. The Morgan fingerprint density at radius 3 is 2.31 bits per heavy atom.